The Labute approximate surface area is 113 Å². The molecule has 0 bridgehead atoms. The summed E-state index contributed by atoms with van der Waals surface area (Å²) in [5.74, 6) is 2.16. The minimum atomic E-state index is 0.840. The maximum Gasteiger partial charge on any atom is 0.0107 e. The fourth-order valence-corrected chi connectivity index (χ4v) is 4.49. The van der Waals surface area contributed by atoms with Crippen molar-refractivity contribution in [1.82, 2.24) is 10.2 Å². The van der Waals surface area contributed by atoms with Gasteiger partial charge in [-0.15, -0.1) is 0 Å². The molecule has 104 valence electrons. The Bertz CT molecular complexity index is 247. The third kappa shape index (κ3) is 3.27. The Morgan fingerprint density at radius 3 is 2.44 bits per heavy atom. The van der Waals surface area contributed by atoms with E-state index in [4.69, 9.17) is 0 Å². The van der Waals surface area contributed by atoms with Crippen LogP contribution < -0.4 is 5.32 Å². The molecule has 1 N–H and O–H groups in total. The summed E-state index contributed by atoms with van der Waals surface area (Å²) in [5, 5.41) is 3.84. The maximum atomic E-state index is 3.84. The zero-order valence-corrected chi connectivity index (χ0v) is 11.9. The van der Waals surface area contributed by atoms with Crippen LogP contribution in [0.3, 0.4) is 0 Å². The van der Waals surface area contributed by atoms with E-state index in [0.29, 0.717) is 0 Å². The first-order valence-electron chi connectivity index (χ1n) is 8.37. The van der Waals surface area contributed by atoms with Crippen LogP contribution in [0.15, 0.2) is 0 Å². The second-order valence-electron chi connectivity index (χ2n) is 6.82. The highest BCUT2D eigenvalue weighted by molar-refractivity contribution is 4.86. The van der Waals surface area contributed by atoms with E-state index >= 15 is 0 Å². The molecule has 0 aromatic heterocycles. The van der Waals surface area contributed by atoms with Crippen LogP contribution in [0.25, 0.3) is 0 Å². The molecule has 0 aromatic carbocycles. The lowest BCUT2D eigenvalue weighted by Crippen LogP contribution is -2.41. The van der Waals surface area contributed by atoms with Crippen LogP contribution >= 0.6 is 0 Å². The number of hydrogen-bond acceptors (Lipinski definition) is 2. The van der Waals surface area contributed by atoms with E-state index in [1.807, 2.05) is 0 Å². The van der Waals surface area contributed by atoms with Gasteiger partial charge in [-0.25, -0.2) is 0 Å². The normalized spacial score (nSPS) is 37.7. The van der Waals surface area contributed by atoms with Crippen molar-refractivity contribution in [3.63, 3.8) is 0 Å². The topological polar surface area (TPSA) is 15.3 Å². The summed E-state index contributed by atoms with van der Waals surface area (Å²) in [6.45, 7) is 5.20. The number of rotatable bonds is 4. The summed E-state index contributed by atoms with van der Waals surface area (Å²) in [6, 6.07) is 0.840. The van der Waals surface area contributed by atoms with Gasteiger partial charge in [0.1, 0.15) is 0 Å². The van der Waals surface area contributed by atoms with E-state index < -0.39 is 0 Å². The second kappa shape index (κ2) is 6.38. The van der Waals surface area contributed by atoms with Gasteiger partial charge in [0.2, 0.25) is 0 Å². The largest absolute Gasteiger partial charge is 0.313 e. The van der Waals surface area contributed by atoms with Crippen molar-refractivity contribution in [3.8, 4) is 0 Å². The predicted octanol–water partition coefficient (Wildman–Crippen LogP) is 3.03. The van der Waals surface area contributed by atoms with Crippen LogP contribution in [0.4, 0.5) is 0 Å². The Morgan fingerprint density at radius 1 is 0.833 bits per heavy atom. The summed E-state index contributed by atoms with van der Waals surface area (Å²) in [6.07, 6.45) is 13.3. The molecule has 1 saturated heterocycles. The lowest BCUT2D eigenvalue weighted by Gasteiger charge is -2.39. The third-order valence-corrected chi connectivity index (χ3v) is 5.60. The van der Waals surface area contributed by atoms with Crippen molar-refractivity contribution in [2.45, 2.75) is 63.8 Å². The molecule has 3 rings (SSSR count). The highest BCUT2D eigenvalue weighted by atomic mass is 15.2. The molecule has 1 heterocycles. The van der Waals surface area contributed by atoms with Crippen molar-refractivity contribution in [3.05, 3.63) is 0 Å². The molecule has 0 aromatic rings. The summed E-state index contributed by atoms with van der Waals surface area (Å²) < 4.78 is 0. The monoisotopic (exact) mass is 250 g/mol. The molecule has 2 nitrogen and oxygen atoms in total. The predicted molar refractivity (Wildman–Crippen MR) is 76.8 cm³/mol. The average Bonchev–Trinajstić information content (AvgIpc) is 2.92. The van der Waals surface area contributed by atoms with E-state index in [9.17, 15) is 0 Å². The molecular weight excluding hydrogens is 220 g/mol. The number of nitrogens with one attached hydrogen (secondary N) is 1. The van der Waals surface area contributed by atoms with Crippen molar-refractivity contribution in [1.29, 1.82) is 0 Å². The molecular formula is C16H30N2. The molecule has 18 heavy (non-hydrogen) atoms. The molecule has 0 amide bonds. The maximum absolute atomic E-state index is 3.84. The fraction of sp³-hybridized carbons (Fsp3) is 1.00. The van der Waals surface area contributed by atoms with E-state index in [2.05, 4.69) is 10.2 Å². The molecule has 2 heteroatoms. The van der Waals surface area contributed by atoms with Crippen molar-refractivity contribution in [2.24, 2.45) is 11.8 Å². The molecule has 2 saturated carbocycles. The fourth-order valence-electron chi connectivity index (χ4n) is 4.49. The van der Waals surface area contributed by atoms with Crippen LogP contribution in [-0.4, -0.2) is 37.1 Å². The molecule has 3 fully saturated rings. The molecule has 0 radical (unpaired) electrons. The van der Waals surface area contributed by atoms with Crippen LogP contribution in [0.2, 0.25) is 0 Å². The van der Waals surface area contributed by atoms with Gasteiger partial charge in [-0.2, -0.15) is 0 Å². The minimum Gasteiger partial charge on any atom is -0.313 e. The smallest absolute Gasteiger partial charge is 0.0107 e. The van der Waals surface area contributed by atoms with E-state index in [0.717, 1.165) is 17.9 Å². The van der Waals surface area contributed by atoms with Crippen LogP contribution in [-0.2, 0) is 0 Å². The zero-order valence-electron chi connectivity index (χ0n) is 11.9. The molecule has 0 spiro atoms. The SMILES string of the molecule is C1CCC2CC(NCCN3CCCC3)CCC2C1. The van der Waals surface area contributed by atoms with Gasteiger partial charge in [-0.05, 0) is 57.0 Å². The third-order valence-electron chi connectivity index (χ3n) is 5.60. The minimum absolute atomic E-state index is 0.840. The second-order valence-corrected chi connectivity index (χ2v) is 6.82. The first-order valence-corrected chi connectivity index (χ1v) is 8.37. The highest BCUT2D eigenvalue weighted by Gasteiger charge is 2.31. The van der Waals surface area contributed by atoms with Crippen LogP contribution in [0.1, 0.15) is 57.8 Å². The van der Waals surface area contributed by atoms with Gasteiger partial charge in [-0.3, -0.25) is 0 Å². The summed E-state index contributed by atoms with van der Waals surface area (Å²) in [5.41, 5.74) is 0. The highest BCUT2D eigenvalue weighted by Crippen LogP contribution is 2.40. The Morgan fingerprint density at radius 2 is 1.61 bits per heavy atom. The van der Waals surface area contributed by atoms with Gasteiger partial charge in [-0.1, -0.05) is 25.7 Å². The van der Waals surface area contributed by atoms with Crippen molar-refractivity contribution < 1.29 is 0 Å². The van der Waals surface area contributed by atoms with Gasteiger partial charge >= 0.3 is 0 Å². The van der Waals surface area contributed by atoms with Crippen molar-refractivity contribution >= 4 is 0 Å². The first kappa shape index (κ1) is 12.9. The van der Waals surface area contributed by atoms with Gasteiger partial charge in [0.15, 0.2) is 0 Å². The number of nitrogens with zero attached hydrogens (tertiary/aromatic N) is 1. The molecule has 1 aliphatic heterocycles. The van der Waals surface area contributed by atoms with Crippen molar-refractivity contribution in [2.75, 3.05) is 26.2 Å². The number of hydrogen-bond donors (Lipinski definition) is 1. The Kier molecular flexibility index (Phi) is 4.58. The standard InChI is InChI=1S/C16H30N2/c1-2-6-15-13-16(8-7-14(15)5-1)17-9-12-18-10-3-4-11-18/h14-17H,1-13H2. The molecule has 2 aliphatic carbocycles. The summed E-state index contributed by atoms with van der Waals surface area (Å²) in [7, 11) is 0. The quantitative estimate of drug-likeness (QED) is 0.825. The summed E-state index contributed by atoms with van der Waals surface area (Å²) >= 11 is 0. The van der Waals surface area contributed by atoms with Gasteiger partial charge in [0.25, 0.3) is 0 Å². The van der Waals surface area contributed by atoms with E-state index in [1.54, 1.807) is 0 Å². The number of fused-ring (bicyclic) bond motifs is 1. The van der Waals surface area contributed by atoms with Crippen LogP contribution in [0.5, 0.6) is 0 Å². The lowest BCUT2D eigenvalue weighted by atomic mass is 9.69. The van der Waals surface area contributed by atoms with Gasteiger partial charge in [0, 0.05) is 19.1 Å². The van der Waals surface area contributed by atoms with E-state index in [1.165, 1.54) is 84.0 Å². The van der Waals surface area contributed by atoms with Crippen LogP contribution in [0, 0.1) is 11.8 Å². The Hall–Kier alpha value is -0.0800. The molecule has 3 aliphatic rings. The van der Waals surface area contributed by atoms with Gasteiger partial charge < -0.3 is 10.2 Å². The van der Waals surface area contributed by atoms with Gasteiger partial charge in [0.05, 0.1) is 0 Å². The van der Waals surface area contributed by atoms with E-state index in [-0.39, 0.29) is 0 Å². The first-order chi connectivity index (χ1) is 8.92. The lowest BCUT2D eigenvalue weighted by molar-refractivity contribution is 0.142. The Balaban J connectivity index is 1.35. The molecule has 3 atom stereocenters. The molecule has 3 unspecified atom stereocenters. The summed E-state index contributed by atoms with van der Waals surface area (Å²) in [4.78, 5) is 2.62. The number of likely N-dealkylation sites (tertiary alicyclic amines) is 1. The zero-order chi connectivity index (χ0) is 12.2. The average molecular weight is 250 g/mol.